The molecule has 0 radical (unpaired) electrons. The molecule has 0 aromatic heterocycles. The van der Waals surface area contributed by atoms with Crippen molar-refractivity contribution in [3.05, 3.63) is 22.2 Å². The Morgan fingerprint density at radius 1 is 1.25 bits per heavy atom. The summed E-state index contributed by atoms with van der Waals surface area (Å²) in [4.78, 5) is 11.6. The number of carbonyl (C=O) groups is 1. The van der Waals surface area contributed by atoms with Crippen LogP contribution in [0.2, 0.25) is 0 Å². The Hall–Kier alpha value is -1.23. The summed E-state index contributed by atoms with van der Waals surface area (Å²) in [5.41, 5.74) is -0.511. The molecule has 1 rings (SSSR count). The van der Waals surface area contributed by atoms with Crippen LogP contribution in [0.3, 0.4) is 0 Å². The average Bonchev–Trinajstić information content (AvgIpc) is 2.10. The van der Waals surface area contributed by atoms with Gasteiger partial charge in [0.15, 0.2) is 0 Å². The highest BCUT2D eigenvalue weighted by Gasteiger charge is 2.19. The third-order valence-corrected chi connectivity index (χ3v) is 2.48. The first-order valence-corrected chi connectivity index (χ1v) is 5.45. The molecule has 0 aliphatic heterocycles. The number of aromatic hydroxyl groups is 2. The van der Waals surface area contributed by atoms with E-state index < -0.39 is 11.6 Å². The standard InChI is InChI=1S/C11H13BrO4/c1-11(2,3)16-10(15)6-4-7(13)9(12)8(14)5-6/h4-5,13-14H,1-3H3. The second-order valence-corrected chi connectivity index (χ2v) is 5.12. The van der Waals surface area contributed by atoms with Crippen LogP contribution in [-0.2, 0) is 4.74 Å². The zero-order valence-corrected chi connectivity index (χ0v) is 10.8. The van der Waals surface area contributed by atoms with Crippen LogP contribution in [0.1, 0.15) is 31.1 Å². The van der Waals surface area contributed by atoms with Gasteiger partial charge in [-0.1, -0.05) is 0 Å². The van der Waals surface area contributed by atoms with Gasteiger partial charge in [0.05, 0.1) is 5.56 Å². The molecule has 1 aromatic rings. The summed E-state index contributed by atoms with van der Waals surface area (Å²) < 4.78 is 5.25. The Labute approximate surface area is 102 Å². The molecule has 0 spiro atoms. The second-order valence-electron chi connectivity index (χ2n) is 4.33. The van der Waals surface area contributed by atoms with E-state index in [1.807, 2.05) is 0 Å². The fourth-order valence-corrected chi connectivity index (χ4v) is 1.28. The number of esters is 1. The molecule has 0 heterocycles. The van der Waals surface area contributed by atoms with Crippen LogP contribution in [0.15, 0.2) is 16.6 Å². The summed E-state index contributed by atoms with van der Waals surface area (Å²) >= 11 is 2.97. The third kappa shape index (κ3) is 3.13. The fourth-order valence-electron chi connectivity index (χ4n) is 1.05. The predicted octanol–water partition coefficient (Wildman–Crippen LogP) is 2.82. The number of phenols is 2. The molecule has 0 fully saturated rings. The van der Waals surface area contributed by atoms with E-state index in [4.69, 9.17) is 4.74 Å². The van der Waals surface area contributed by atoms with Crippen molar-refractivity contribution < 1.29 is 19.7 Å². The van der Waals surface area contributed by atoms with Crippen molar-refractivity contribution in [2.24, 2.45) is 0 Å². The van der Waals surface area contributed by atoms with Crippen molar-refractivity contribution in [2.75, 3.05) is 0 Å². The van der Waals surface area contributed by atoms with Gasteiger partial charge in [-0.2, -0.15) is 0 Å². The number of ether oxygens (including phenoxy) is 1. The molecule has 0 saturated carbocycles. The molecule has 5 heteroatoms. The molecule has 88 valence electrons. The molecular formula is C11H13BrO4. The lowest BCUT2D eigenvalue weighted by Crippen LogP contribution is -2.23. The molecule has 0 atom stereocenters. The number of hydrogen-bond acceptors (Lipinski definition) is 4. The molecule has 4 nitrogen and oxygen atoms in total. The van der Waals surface area contributed by atoms with E-state index in [-0.39, 0.29) is 21.5 Å². The zero-order valence-electron chi connectivity index (χ0n) is 9.24. The fraction of sp³-hybridized carbons (Fsp3) is 0.364. The van der Waals surface area contributed by atoms with Crippen molar-refractivity contribution in [1.29, 1.82) is 0 Å². The smallest absolute Gasteiger partial charge is 0.338 e. The monoisotopic (exact) mass is 288 g/mol. The number of rotatable bonds is 1. The van der Waals surface area contributed by atoms with Gasteiger partial charge in [0.25, 0.3) is 0 Å². The van der Waals surface area contributed by atoms with Crippen LogP contribution >= 0.6 is 15.9 Å². The van der Waals surface area contributed by atoms with Gasteiger partial charge >= 0.3 is 5.97 Å². The van der Waals surface area contributed by atoms with Crippen molar-refractivity contribution in [2.45, 2.75) is 26.4 Å². The van der Waals surface area contributed by atoms with Crippen LogP contribution in [-0.4, -0.2) is 21.8 Å². The molecule has 0 aliphatic carbocycles. The topological polar surface area (TPSA) is 66.8 Å². The minimum absolute atomic E-state index is 0.105. The Morgan fingerprint density at radius 2 is 1.69 bits per heavy atom. The van der Waals surface area contributed by atoms with Crippen LogP contribution in [0.25, 0.3) is 0 Å². The van der Waals surface area contributed by atoms with Gasteiger partial charge in [0.2, 0.25) is 0 Å². The first kappa shape index (κ1) is 12.8. The molecule has 0 unspecified atom stereocenters. The van der Waals surface area contributed by atoms with E-state index in [1.54, 1.807) is 20.8 Å². The lowest BCUT2D eigenvalue weighted by Gasteiger charge is -2.19. The quantitative estimate of drug-likeness (QED) is 0.780. The second kappa shape index (κ2) is 4.33. The number of phenolic OH excluding ortho intramolecular Hbond substituents is 2. The highest BCUT2D eigenvalue weighted by molar-refractivity contribution is 9.10. The lowest BCUT2D eigenvalue weighted by atomic mass is 10.1. The molecule has 2 N–H and O–H groups in total. The Bertz CT molecular complexity index is 397. The van der Waals surface area contributed by atoms with Gasteiger partial charge in [-0.15, -0.1) is 0 Å². The maximum absolute atomic E-state index is 11.6. The largest absolute Gasteiger partial charge is 0.507 e. The van der Waals surface area contributed by atoms with Crippen LogP contribution in [0.5, 0.6) is 11.5 Å². The van der Waals surface area contributed by atoms with Gasteiger partial charge < -0.3 is 14.9 Å². The highest BCUT2D eigenvalue weighted by atomic mass is 79.9. The van der Waals surface area contributed by atoms with E-state index >= 15 is 0 Å². The van der Waals surface area contributed by atoms with Crippen molar-refractivity contribution in [3.63, 3.8) is 0 Å². The van der Waals surface area contributed by atoms with E-state index in [2.05, 4.69) is 15.9 Å². The minimum atomic E-state index is -0.616. The van der Waals surface area contributed by atoms with Crippen molar-refractivity contribution in [3.8, 4) is 11.5 Å². The number of benzene rings is 1. The van der Waals surface area contributed by atoms with Crippen LogP contribution in [0.4, 0.5) is 0 Å². The first-order chi connectivity index (χ1) is 7.20. The molecule has 0 saturated heterocycles. The minimum Gasteiger partial charge on any atom is -0.507 e. The molecule has 0 aliphatic rings. The van der Waals surface area contributed by atoms with Crippen LogP contribution < -0.4 is 0 Å². The SMILES string of the molecule is CC(C)(C)OC(=O)c1cc(O)c(Br)c(O)c1. The van der Waals surface area contributed by atoms with Crippen molar-refractivity contribution in [1.82, 2.24) is 0 Å². The summed E-state index contributed by atoms with van der Waals surface area (Å²) in [6.45, 7) is 5.22. The maximum atomic E-state index is 11.6. The average molecular weight is 289 g/mol. The first-order valence-electron chi connectivity index (χ1n) is 4.65. The zero-order chi connectivity index (χ0) is 12.5. The van der Waals surface area contributed by atoms with Crippen LogP contribution in [0, 0.1) is 0 Å². The molecule has 1 aromatic carbocycles. The molecule has 0 amide bonds. The van der Waals surface area contributed by atoms with E-state index in [0.717, 1.165) is 0 Å². The maximum Gasteiger partial charge on any atom is 0.338 e. The number of hydrogen-bond donors (Lipinski definition) is 2. The highest BCUT2D eigenvalue weighted by Crippen LogP contribution is 2.34. The van der Waals surface area contributed by atoms with E-state index in [0.29, 0.717) is 0 Å². The summed E-state index contributed by atoms with van der Waals surface area (Å²) in [7, 11) is 0. The normalized spacial score (nSPS) is 11.2. The van der Waals surface area contributed by atoms with Gasteiger partial charge in [0.1, 0.15) is 21.6 Å². The summed E-state index contributed by atoms with van der Waals surface area (Å²) in [6.07, 6.45) is 0. The van der Waals surface area contributed by atoms with Gasteiger partial charge in [0, 0.05) is 0 Å². The molecule has 0 bridgehead atoms. The summed E-state index contributed by atoms with van der Waals surface area (Å²) in [5, 5.41) is 18.8. The van der Waals surface area contributed by atoms with Gasteiger partial charge in [-0.05, 0) is 48.8 Å². The third-order valence-electron chi connectivity index (χ3n) is 1.67. The van der Waals surface area contributed by atoms with E-state index in [1.165, 1.54) is 12.1 Å². The number of halogens is 1. The van der Waals surface area contributed by atoms with Gasteiger partial charge in [-0.25, -0.2) is 4.79 Å². The molecular weight excluding hydrogens is 276 g/mol. The lowest BCUT2D eigenvalue weighted by molar-refractivity contribution is 0.00686. The van der Waals surface area contributed by atoms with E-state index in [9.17, 15) is 15.0 Å². The molecule has 16 heavy (non-hydrogen) atoms. The predicted molar refractivity (Wildman–Crippen MR) is 62.6 cm³/mol. The summed E-state index contributed by atoms with van der Waals surface area (Å²) in [5.74, 6) is -1.01. The van der Waals surface area contributed by atoms with Crippen molar-refractivity contribution >= 4 is 21.9 Å². The summed E-state index contributed by atoms with van der Waals surface area (Å²) in [6, 6.07) is 2.47. The Kier molecular flexibility index (Phi) is 3.48. The van der Waals surface area contributed by atoms with Gasteiger partial charge in [-0.3, -0.25) is 0 Å². The number of carbonyl (C=O) groups excluding carboxylic acids is 1. The Balaban J connectivity index is 3.02. The Morgan fingerprint density at radius 3 is 2.06 bits per heavy atom.